The van der Waals surface area contributed by atoms with Crippen LogP contribution in [0.15, 0.2) is 48.5 Å². The van der Waals surface area contributed by atoms with Gasteiger partial charge in [-0.1, -0.05) is 24.3 Å². The molecule has 2 N–H and O–H groups in total. The Kier molecular flexibility index (Phi) is 7.62. The molecule has 1 fully saturated rings. The number of carbonyl (C=O) groups excluding carboxylic acids is 2. The fraction of sp³-hybridized carbons (Fsp3) is 0.364. The maximum atomic E-state index is 13.9. The molecule has 1 aliphatic heterocycles. The molecule has 0 atom stereocenters. The number of anilines is 1. The summed E-state index contributed by atoms with van der Waals surface area (Å²) in [6.45, 7) is 4.28. The Morgan fingerprint density at radius 1 is 0.967 bits per heavy atom. The molecule has 0 aromatic heterocycles. The van der Waals surface area contributed by atoms with E-state index < -0.39 is 11.8 Å². The number of carbonyl (C=O) groups is 2. The zero-order valence-electron chi connectivity index (χ0n) is 17.1. The van der Waals surface area contributed by atoms with Gasteiger partial charge in [0.05, 0.1) is 12.8 Å². The Morgan fingerprint density at radius 2 is 1.63 bits per heavy atom. The number of halogens is 1. The fourth-order valence-electron chi connectivity index (χ4n) is 3.33. The number of hydrogen-bond donors (Lipinski definition) is 2. The number of nitrogens with zero attached hydrogens (tertiary/aromatic N) is 2. The maximum absolute atomic E-state index is 13.9. The van der Waals surface area contributed by atoms with Crippen molar-refractivity contribution in [2.24, 2.45) is 0 Å². The van der Waals surface area contributed by atoms with E-state index in [9.17, 15) is 14.0 Å². The van der Waals surface area contributed by atoms with Gasteiger partial charge < -0.3 is 20.3 Å². The standard InChI is InChI=1S/C22H27FN4O3/c1-30-18-8-6-17(7-9-18)16-25-22(29)21(28)24-10-11-26-12-14-27(15-13-26)20-5-3-2-4-19(20)23/h2-9H,10-16H2,1H3,(H,24,28)(H,25,29). The molecule has 2 aromatic rings. The lowest BCUT2D eigenvalue weighted by atomic mass is 10.2. The first kappa shape index (κ1) is 21.6. The molecule has 160 valence electrons. The van der Waals surface area contributed by atoms with Crippen LogP contribution in [-0.4, -0.2) is 63.1 Å². The van der Waals surface area contributed by atoms with E-state index in [-0.39, 0.29) is 12.4 Å². The number of para-hydroxylation sites is 1. The minimum Gasteiger partial charge on any atom is -0.497 e. The van der Waals surface area contributed by atoms with E-state index in [1.807, 2.05) is 23.1 Å². The van der Waals surface area contributed by atoms with Crippen molar-refractivity contribution < 1.29 is 18.7 Å². The molecule has 0 saturated carbocycles. The molecular formula is C22H27FN4O3. The minimum absolute atomic E-state index is 0.209. The van der Waals surface area contributed by atoms with Gasteiger partial charge in [0.15, 0.2) is 0 Å². The van der Waals surface area contributed by atoms with Crippen LogP contribution < -0.4 is 20.3 Å². The van der Waals surface area contributed by atoms with Crippen LogP contribution >= 0.6 is 0 Å². The topological polar surface area (TPSA) is 73.9 Å². The van der Waals surface area contributed by atoms with Crippen molar-refractivity contribution >= 4 is 17.5 Å². The average molecular weight is 414 g/mol. The predicted molar refractivity (Wildman–Crippen MR) is 113 cm³/mol. The highest BCUT2D eigenvalue weighted by molar-refractivity contribution is 6.35. The normalized spacial score (nSPS) is 14.3. The average Bonchev–Trinajstić information content (AvgIpc) is 2.78. The summed E-state index contributed by atoms with van der Waals surface area (Å²) in [6.07, 6.45) is 0. The number of nitrogens with one attached hydrogen (secondary N) is 2. The zero-order chi connectivity index (χ0) is 21.3. The smallest absolute Gasteiger partial charge is 0.309 e. The Bertz CT molecular complexity index is 852. The third-order valence-corrected chi connectivity index (χ3v) is 5.10. The van der Waals surface area contributed by atoms with Crippen molar-refractivity contribution in [1.29, 1.82) is 0 Å². The highest BCUT2D eigenvalue weighted by atomic mass is 19.1. The molecule has 1 saturated heterocycles. The summed E-state index contributed by atoms with van der Waals surface area (Å²) >= 11 is 0. The Labute approximate surface area is 175 Å². The van der Waals surface area contributed by atoms with Crippen LogP contribution in [0, 0.1) is 5.82 Å². The minimum atomic E-state index is -0.657. The van der Waals surface area contributed by atoms with Gasteiger partial charge in [0.2, 0.25) is 0 Å². The first-order valence-electron chi connectivity index (χ1n) is 9.97. The molecule has 1 heterocycles. The van der Waals surface area contributed by atoms with E-state index in [1.54, 1.807) is 31.4 Å². The number of benzene rings is 2. The number of rotatable bonds is 7. The first-order chi connectivity index (χ1) is 14.6. The summed E-state index contributed by atoms with van der Waals surface area (Å²) < 4.78 is 19.0. The Hall–Kier alpha value is -3.13. The van der Waals surface area contributed by atoms with Crippen molar-refractivity contribution in [3.8, 4) is 5.75 Å². The van der Waals surface area contributed by atoms with Crippen molar-refractivity contribution in [2.45, 2.75) is 6.54 Å². The van der Waals surface area contributed by atoms with Crippen LogP contribution in [0.3, 0.4) is 0 Å². The SMILES string of the molecule is COc1ccc(CNC(=O)C(=O)NCCN2CCN(c3ccccc3F)CC2)cc1. The van der Waals surface area contributed by atoms with Gasteiger partial charge in [-0.2, -0.15) is 0 Å². The van der Waals surface area contributed by atoms with Crippen LogP contribution in [0.25, 0.3) is 0 Å². The number of methoxy groups -OCH3 is 1. The summed E-state index contributed by atoms with van der Waals surface area (Å²) in [5, 5.41) is 5.26. The predicted octanol–water partition coefficient (Wildman–Crippen LogP) is 1.39. The third kappa shape index (κ3) is 5.93. The highest BCUT2D eigenvalue weighted by Crippen LogP contribution is 2.19. The zero-order valence-corrected chi connectivity index (χ0v) is 17.1. The third-order valence-electron chi connectivity index (χ3n) is 5.10. The van der Waals surface area contributed by atoms with Crippen LogP contribution in [0.2, 0.25) is 0 Å². The molecule has 2 amide bonds. The van der Waals surface area contributed by atoms with Crippen LogP contribution in [0.5, 0.6) is 5.75 Å². The van der Waals surface area contributed by atoms with Gasteiger partial charge in [-0.15, -0.1) is 0 Å². The molecule has 0 spiro atoms. The van der Waals surface area contributed by atoms with E-state index in [1.165, 1.54) is 6.07 Å². The molecule has 0 bridgehead atoms. The molecule has 0 unspecified atom stereocenters. The van der Waals surface area contributed by atoms with Gasteiger partial charge in [0, 0.05) is 45.8 Å². The molecule has 0 aliphatic carbocycles. The molecule has 30 heavy (non-hydrogen) atoms. The van der Waals surface area contributed by atoms with Gasteiger partial charge in [0.1, 0.15) is 11.6 Å². The van der Waals surface area contributed by atoms with E-state index in [2.05, 4.69) is 15.5 Å². The molecule has 8 heteroatoms. The number of ether oxygens (including phenoxy) is 1. The van der Waals surface area contributed by atoms with Crippen LogP contribution in [0.1, 0.15) is 5.56 Å². The van der Waals surface area contributed by atoms with Crippen LogP contribution in [-0.2, 0) is 16.1 Å². The summed E-state index contributed by atoms with van der Waals surface area (Å²) in [4.78, 5) is 28.1. The monoisotopic (exact) mass is 414 g/mol. The molecule has 2 aromatic carbocycles. The van der Waals surface area contributed by atoms with Crippen molar-refractivity contribution in [3.63, 3.8) is 0 Å². The van der Waals surface area contributed by atoms with E-state index in [4.69, 9.17) is 4.74 Å². The van der Waals surface area contributed by atoms with Gasteiger partial charge in [0.25, 0.3) is 0 Å². The molecule has 7 nitrogen and oxygen atoms in total. The van der Waals surface area contributed by atoms with E-state index in [0.717, 1.165) is 37.5 Å². The van der Waals surface area contributed by atoms with Gasteiger partial charge in [-0.05, 0) is 29.8 Å². The van der Waals surface area contributed by atoms with Crippen molar-refractivity contribution in [1.82, 2.24) is 15.5 Å². The molecule has 0 radical (unpaired) electrons. The first-order valence-corrected chi connectivity index (χ1v) is 9.97. The summed E-state index contributed by atoms with van der Waals surface area (Å²) in [5.41, 5.74) is 1.50. The van der Waals surface area contributed by atoms with E-state index >= 15 is 0 Å². The summed E-state index contributed by atoms with van der Waals surface area (Å²) in [6, 6.07) is 14.0. The lowest BCUT2D eigenvalue weighted by Gasteiger charge is -2.36. The highest BCUT2D eigenvalue weighted by Gasteiger charge is 2.19. The fourth-order valence-corrected chi connectivity index (χ4v) is 3.33. The van der Waals surface area contributed by atoms with Crippen LogP contribution in [0.4, 0.5) is 10.1 Å². The second-order valence-electron chi connectivity index (χ2n) is 7.07. The number of piperazine rings is 1. The Balaban J connectivity index is 1.33. The van der Waals surface area contributed by atoms with Crippen molar-refractivity contribution in [3.05, 3.63) is 59.9 Å². The summed E-state index contributed by atoms with van der Waals surface area (Å²) in [5.74, 6) is -0.778. The molecule has 3 rings (SSSR count). The lowest BCUT2D eigenvalue weighted by Crippen LogP contribution is -2.49. The quantitative estimate of drug-likeness (QED) is 0.670. The summed E-state index contributed by atoms with van der Waals surface area (Å²) in [7, 11) is 1.59. The van der Waals surface area contributed by atoms with Crippen molar-refractivity contribution in [2.75, 3.05) is 51.3 Å². The lowest BCUT2D eigenvalue weighted by molar-refractivity contribution is -0.139. The molecule has 1 aliphatic rings. The maximum Gasteiger partial charge on any atom is 0.309 e. The van der Waals surface area contributed by atoms with Gasteiger partial charge in [-0.3, -0.25) is 14.5 Å². The number of amides is 2. The molecular weight excluding hydrogens is 387 g/mol. The second kappa shape index (κ2) is 10.6. The Morgan fingerprint density at radius 3 is 2.30 bits per heavy atom. The second-order valence-corrected chi connectivity index (χ2v) is 7.07. The van der Waals surface area contributed by atoms with Gasteiger partial charge in [-0.25, -0.2) is 4.39 Å². The number of hydrogen-bond acceptors (Lipinski definition) is 5. The van der Waals surface area contributed by atoms with E-state index in [0.29, 0.717) is 18.8 Å². The largest absolute Gasteiger partial charge is 0.497 e. The van der Waals surface area contributed by atoms with Gasteiger partial charge >= 0.3 is 11.8 Å².